The maximum atomic E-state index is 4.81. The Hall–Kier alpha value is -2.59. The molecule has 0 unspecified atom stereocenters. The second kappa shape index (κ2) is 6.67. The molecule has 0 saturated heterocycles. The quantitative estimate of drug-likeness (QED) is 0.487. The number of nitrogens with zero attached hydrogens (tertiary/aromatic N) is 3. The predicted molar refractivity (Wildman–Crippen MR) is 86.1 cm³/mol. The standard InChI is InChI=1S/C19H14N3.BrH/c1-3-9-15(10-4-1)18-17-13-7-8-14-22(17)21-19(20-18)16-11-5-2-6-12-16;/h1-14H;1H/q+1;/p-1. The van der Waals surface area contributed by atoms with Crippen LogP contribution in [0, 0.1) is 0 Å². The van der Waals surface area contributed by atoms with Gasteiger partial charge in [0.2, 0.25) is 12.0 Å². The lowest BCUT2D eigenvalue weighted by atomic mass is 10.1. The minimum absolute atomic E-state index is 0. The van der Waals surface area contributed by atoms with Crippen molar-refractivity contribution in [2.24, 2.45) is 0 Å². The molecule has 0 spiro atoms. The highest BCUT2D eigenvalue weighted by atomic mass is 79.9. The first-order valence-corrected chi connectivity index (χ1v) is 7.21. The van der Waals surface area contributed by atoms with Gasteiger partial charge in [0, 0.05) is 28.4 Å². The first-order valence-electron chi connectivity index (χ1n) is 7.21. The van der Waals surface area contributed by atoms with E-state index < -0.39 is 0 Å². The smallest absolute Gasteiger partial charge is 0.264 e. The summed E-state index contributed by atoms with van der Waals surface area (Å²) in [5.74, 6) is 0.725. The van der Waals surface area contributed by atoms with Gasteiger partial charge in [-0.2, -0.15) is 0 Å². The fourth-order valence-electron chi connectivity index (χ4n) is 2.51. The van der Waals surface area contributed by atoms with E-state index >= 15 is 0 Å². The molecule has 4 rings (SSSR count). The summed E-state index contributed by atoms with van der Waals surface area (Å²) >= 11 is 0. The summed E-state index contributed by atoms with van der Waals surface area (Å²) < 4.78 is 1.89. The molecule has 0 N–H and O–H groups in total. The number of rotatable bonds is 2. The molecular formula is C19H14BrN3. The number of hydrogen-bond donors (Lipinski definition) is 0. The average molecular weight is 364 g/mol. The molecule has 0 amide bonds. The van der Waals surface area contributed by atoms with Crippen LogP contribution < -0.4 is 21.5 Å². The van der Waals surface area contributed by atoms with E-state index in [1.54, 1.807) is 0 Å². The molecular weight excluding hydrogens is 350 g/mol. The molecule has 2 aromatic carbocycles. The Kier molecular flexibility index (Phi) is 4.44. The summed E-state index contributed by atoms with van der Waals surface area (Å²) in [5.41, 5.74) is 4.03. The van der Waals surface area contributed by atoms with Gasteiger partial charge in [0.25, 0.3) is 5.52 Å². The molecule has 4 aromatic rings. The highest BCUT2D eigenvalue weighted by molar-refractivity contribution is 5.74. The zero-order valence-electron chi connectivity index (χ0n) is 12.3. The molecule has 2 aromatic heterocycles. The van der Waals surface area contributed by atoms with Gasteiger partial charge < -0.3 is 17.0 Å². The molecule has 2 heterocycles. The van der Waals surface area contributed by atoms with Gasteiger partial charge >= 0.3 is 0 Å². The van der Waals surface area contributed by atoms with Gasteiger partial charge in [-0.15, -0.1) is 0 Å². The zero-order chi connectivity index (χ0) is 14.8. The first kappa shape index (κ1) is 15.3. The van der Waals surface area contributed by atoms with Crippen molar-refractivity contribution in [1.29, 1.82) is 0 Å². The van der Waals surface area contributed by atoms with E-state index in [0.717, 1.165) is 28.2 Å². The third-order valence-corrected chi connectivity index (χ3v) is 3.58. The molecule has 0 aliphatic rings. The Morgan fingerprint density at radius 2 is 1.26 bits per heavy atom. The molecule has 112 valence electrons. The fraction of sp³-hybridized carbons (Fsp3) is 0. The van der Waals surface area contributed by atoms with Gasteiger partial charge in [-0.3, -0.25) is 0 Å². The van der Waals surface area contributed by atoms with Crippen LogP contribution in [0.5, 0.6) is 0 Å². The van der Waals surface area contributed by atoms with E-state index in [1.807, 2.05) is 77.4 Å². The fourth-order valence-corrected chi connectivity index (χ4v) is 2.51. The van der Waals surface area contributed by atoms with E-state index in [2.05, 4.69) is 17.2 Å². The maximum Gasteiger partial charge on any atom is 0.264 e. The van der Waals surface area contributed by atoms with Crippen molar-refractivity contribution in [1.82, 2.24) is 10.1 Å². The van der Waals surface area contributed by atoms with Crippen LogP contribution >= 0.6 is 0 Å². The lowest BCUT2D eigenvalue weighted by Gasteiger charge is -2.03. The molecule has 0 radical (unpaired) electrons. The Morgan fingerprint density at radius 1 is 0.652 bits per heavy atom. The topological polar surface area (TPSA) is 29.9 Å². The van der Waals surface area contributed by atoms with E-state index in [1.165, 1.54) is 0 Å². The Balaban J connectivity index is 0.00000156. The second-order valence-electron chi connectivity index (χ2n) is 5.05. The molecule has 0 bridgehead atoms. The van der Waals surface area contributed by atoms with Crippen LogP contribution in [0.4, 0.5) is 0 Å². The molecule has 3 nitrogen and oxygen atoms in total. The van der Waals surface area contributed by atoms with Gasteiger partial charge in [-0.25, -0.2) is 4.98 Å². The SMILES string of the molecule is [Br-].c1ccc(-c2nc(-c3ccccc3)c3cccc[n+]3n2)cc1. The molecule has 0 atom stereocenters. The second-order valence-corrected chi connectivity index (χ2v) is 5.05. The third kappa shape index (κ3) is 2.98. The number of pyridine rings is 1. The van der Waals surface area contributed by atoms with Crippen molar-refractivity contribution in [2.45, 2.75) is 0 Å². The van der Waals surface area contributed by atoms with Crippen LogP contribution in [0.3, 0.4) is 0 Å². The number of benzene rings is 2. The molecule has 0 fully saturated rings. The highest BCUT2D eigenvalue weighted by Gasteiger charge is 2.17. The summed E-state index contributed by atoms with van der Waals surface area (Å²) in [6.45, 7) is 0. The van der Waals surface area contributed by atoms with E-state index in [0.29, 0.717) is 0 Å². The van der Waals surface area contributed by atoms with E-state index in [9.17, 15) is 0 Å². The van der Waals surface area contributed by atoms with Gasteiger partial charge in [0.1, 0.15) is 5.69 Å². The maximum absolute atomic E-state index is 4.81. The van der Waals surface area contributed by atoms with Crippen molar-refractivity contribution in [3.63, 3.8) is 0 Å². The lowest BCUT2D eigenvalue weighted by molar-refractivity contribution is -0.579. The van der Waals surface area contributed by atoms with Gasteiger partial charge in [-0.05, 0) is 10.6 Å². The van der Waals surface area contributed by atoms with Crippen LogP contribution in [0.15, 0.2) is 85.1 Å². The lowest BCUT2D eigenvalue weighted by Crippen LogP contribution is -3.00. The Morgan fingerprint density at radius 3 is 1.96 bits per heavy atom. The number of aromatic nitrogens is 3. The van der Waals surface area contributed by atoms with Gasteiger partial charge in [0.05, 0.1) is 0 Å². The van der Waals surface area contributed by atoms with Crippen molar-refractivity contribution >= 4 is 5.52 Å². The van der Waals surface area contributed by atoms with Crippen LogP contribution in [0.2, 0.25) is 0 Å². The molecule has 0 aliphatic carbocycles. The summed E-state index contributed by atoms with van der Waals surface area (Å²) in [5, 5.41) is 4.64. The summed E-state index contributed by atoms with van der Waals surface area (Å²) in [6, 6.07) is 26.3. The van der Waals surface area contributed by atoms with Crippen LogP contribution in [-0.4, -0.2) is 10.1 Å². The molecule has 4 heteroatoms. The molecule has 0 saturated carbocycles. The van der Waals surface area contributed by atoms with Crippen molar-refractivity contribution < 1.29 is 21.5 Å². The van der Waals surface area contributed by atoms with Crippen LogP contribution in [0.1, 0.15) is 0 Å². The third-order valence-electron chi connectivity index (χ3n) is 3.58. The summed E-state index contributed by atoms with van der Waals surface area (Å²) in [4.78, 5) is 4.81. The van der Waals surface area contributed by atoms with Gasteiger partial charge in [0.15, 0.2) is 0 Å². The number of halogens is 1. The number of hydrogen-bond acceptors (Lipinski definition) is 2. The van der Waals surface area contributed by atoms with Crippen molar-refractivity contribution in [3.8, 4) is 22.6 Å². The van der Waals surface area contributed by atoms with Crippen LogP contribution in [-0.2, 0) is 0 Å². The largest absolute Gasteiger partial charge is 1.00 e. The monoisotopic (exact) mass is 363 g/mol. The minimum atomic E-state index is 0. The van der Waals surface area contributed by atoms with Crippen LogP contribution in [0.25, 0.3) is 28.2 Å². The van der Waals surface area contributed by atoms with Crippen molar-refractivity contribution in [3.05, 3.63) is 85.1 Å². The Bertz CT molecular complexity index is 925. The normalized spacial score (nSPS) is 10.3. The van der Waals surface area contributed by atoms with E-state index in [4.69, 9.17) is 4.98 Å². The Labute approximate surface area is 145 Å². The predicted octanol–water partition coefficient (Wildman–Crippen LogP) is 0.553. The highest BCUT2D eigenvalue weighted by Crippen LogP contribution is 2.22. The minimum Gasteiger partial charge on any atom is -1.00 e. The molecule has 0 aliphatic heterocycles. The number of fused-ring (bicyclic) bond motifs is 1. The zero-order valence-corrected chi connectivity index (χ0v) is 13.9. The average Bonchev–Trinajstić information content (AvgIpc) is 2.62. The summed E-state index contributed by atoms with van der Waals surface area (Å²) in [6.07, 6.45) is 1.95. The van der Waals surface area contributed by atoms with E-state index in [-0.39, 0.29) is 17.0 Å². The van der Waals surface area contributed by atoms with Crippen molar-refractivity contribution in [2.75, 3.05) is 0 Å². The first-order chi connectivity index (χ1) is 10.9. The van der Waals surface area contributed by atoms with Gasteiger partial charge in [-0.1, -0.05) is 60.7 Å². The molecule has 23 heavy (non-hydrogen) atoms. The summed E-state index contributed by atoms with van der Waals surface area (Å²) in [7, 11) is 0.